The summed E-state index contributed by atoms with van der Waals surface area (Å²) in [5.74, 6) is -0.191. The summed E-state index contributed by atoms with van der Waals surface area (Å²) in [5, 5.41) is 12.6. The van der Waals surface area contributed by atoms with Gasteiger partial charge in [0.05, 0.1) is 11.5 Å². The standard InChI is InChI=1S/C29H37NO5S/c31-27(32)17-11-9-7-5-3-1-2-4-6-8-10-14-20-35-25-19-18-22(23-15-12-13-16-24(23)25)21-26-28(33)30-29(34)36-26/h12-13,15-16,18-19,21H,1-11,14,17,20H2,(H,31,32)(H,30,33,34). The first-order chi connectivity index (χ1) is 17.5. The number of unbranched alkanes of at least 4 members (excludes halogenated alkanes) is 11. The Bertz CT molecular complexity index is 1060. The van der Waals surface area contributed by atoms with Crippen molar-refractivity contribution in [2.45, 2.75) is 83.5 Å². The molecule has 7 heteroatoms. The largest absolute Gasteiger partial charge is 0.493 e. The van der Waals surface area contributed by atoms with Gasteiger partial charge in [0.15, 0.2) is 0 Å². The van der Waals surface area contributed by atoms with Gasteiger partial charge in [-0.1, -0.05) is 94.5 Å². The number of carbonyl (C=O) groups is 3. The SMILES string of the molecule is O=C(O)CCCCCCCCCCCCCCOc1ccc(C=C2SC(=O)NC2=O)c2ccccc12. The summed E-state index contributed by atoms with van der Waals surface area (Å²) < 4.78 is 6.10. The number of thioether (sulfide) groups is 1. The van der Waals surface area contributed by atoms with Crippen LogP contribution in [0.5, 0.6) is 5.75 Å². The van der Waals surface area contributed by atoms with Crippen molar-refractivity contribution in [2.24, 2.45) is 0 Å². The Morgan fingerprint density at radius 2 is 1.39 bits per heavy atom. The highest BCUT2D eigenvalue weighted by atomic mass is 32.2. The average Bonchev–Trinajstić information content (AvgIpc) is 3.18. The fourth-order valence-electron chi connectivity index (χ4n) is 4.44. The number of rotatable bonds is 17. The van der Waals surface area contributed by atoms with Crippen LogP contribution in [0, 0.1) is 0 Å². The van der Waals surface area contributed by atoms with Crippen molar-refractivity contribution in [3.05, 3.63) is 46.9 Å². The van der Waals surface area contributed by atoms with Crippen molar-refractivity contribution in [2.75, 3.05) is 6.61 Å². The molecule has 2 N–H and O–H groups in total. The smallest absolute Gasteiger partial charge is 0.303 e. The van der Waals surface area contributed by atoms with Crippen molar-refractivity contribution in [1.82, 2.24) is 5.32 Å². The van der Waals surface area contributed by atoms with Crippen molar-refractivity contribution in [3.63, 3.8) is 0 Å². The van der Waals surface area contributed by atoms with Crippen LogP contribution < -0.4 is 10.1 Å². The molecule has 1 fully saturated rings. The molecule has 0 aromatic heterocycles. The third kappa shape index (κ3) is 9.34. The normalized spacial score (nSPS) is 14.5. The van der Waals surface area contributed by atoms with Crippen LogP contribution in [0.25, 0.3) is 16.8 Å². The first-order valence-electron chi connectivity index (χ1n) is 13.2. The molecule has 0 bridgehead atoms. The van der Waals surface area contributed by atoms with Gasteiger partial charge in [-0.25, -0.2) is 0 Å². The molecule has 0 radical (unpaired) electrons. The van der Waals surface area contributed by atoms with Crippen LogP contribution in [0.2, 0.25) is 0 Å². The topological polar surface area (TPSA) is 92.7 Å². The minimum absolute atomic E-state index is 0.302. The number of ether oxygens (including phenoxy) is 1. The Morgan fingerprint density at radius 1 is 0.806 bits per heavy atom. The van der Waals surface area contributed by atoms with Gasteiger partial charge >= 0.3 is 5.97 Å². The Kier molecular flexibility index (Phi) is 11.8. The van der Waals surface area contributed by atoms with E-state index in [1.165, 1.54) is 44.9 Å². The molecule has 3 rings (SSSR count). The number of benzene rings is 2. The molecule has 6 nitrogen and oxygen atoms in total. The molecule has 36 heavy (non-hydrogen) atoms. The lowest BCUT2D eigenvalue weighted by Crippen LogP contribution is -2.17. The number of carboxylic acids is 1. The molecule has 1 aliphatic heterocycles. The third-order valence-corrected chi connectivity index (χ3v) is 7.20. The van der Waals surface area contributed by atoms with Crippen LogP contribution in [-0.2, 0) is 9.59 Å². The summed E-state index contributed by atoms with van der Waals surface area (Å²) in [7, 11) is 0. The average molecular weight is 512 g/mol. The van der Waals surface area contributed by atoms with Gasteiger partial charge in [-0.15, -0.1) is 0 Å². The molecule has 1 aliphatic rings. The Balaban J connectivity index is 1.30. The lowest BCUT2D eigenvalue weighted by Gasteiger charge is -2.11. The molecule has 1 heterocycles. The second-order valence-corrected chi connectivity index (χ2v) is 10.3. The number of imide groups is 1. The fourth-order valence-corrected chi connectivity index (χ4v) is 5.11. The number of amides is 2. The van der Waals surface area contributed by atoms with Gasteiger partial charge in [-0.2, -0.15) is 0 Å². The van der Waals surface area contributed by atoms with E-state index in [1.54, 1.807) is 6.08 Å². The molecular weight excluding hydrogens is 474 g/mol. The number of carboxylic acid groups (broad SMARTS) is 1. The summed E-state index contributed by atoms with van der Waals surface area (Å²) in [5.41, 5.74) is 0.892. The second-order valence-electron chi connectivity index (χ2n) is 9.29. The number of fused-ring (bicyclic) bond motifs is 1. The monoisotopic (exact) mass is 511 g/mol. The lowest BCUT2D eigenvalue weighted by molar-refractivity contribution is -0.137. The van der Waals surface area contributed by atoms with Gasteiger partial charge in [0.1, 0.15) is 5.75 Å². The molecule has 2 aromatic carbocycles. The van der Waals surface area contributed by atoms with E-state index < -0.39 is 5.97 Å². The maximum absolute atomic E-state index is 11.9. The maximum atomic E-state index is 11.9. The fraction of sp³-hybridized carbons (Fsp3) is 0.483. The van der Waals surface area contributed by atoms with E-state index in [0.717, 1.165) is 66.0 Å². The highest BCUT2D eigenvalue weighted by molar-refractivity contribution is 8.18. The second kappa shape index (κ2) is 15.3. The maximum Gasteiger partial charge on any atom is 0.303 e. The van der Waals surface area contributed by atoms with Gasteiger partial charge in [-0.05, 0) is 47.7 Å². The van der Waals surface area contributed by atoms with Gasteiger partial charge in [-0.3, -0.25) is 19.7 Å². The van der Waals surface area contributed by atoms with Crippen LogP contribution in [0.15, 0.2) is 41.3 Å². The van der Waals surface area contributed by atoms with E-state index in [0.29, 0.717) is 17.9 Å². The third-order valence-electron chi connectivity index (χ3n) is 6.39. The summed E-state index contributed by atoms with van der Waals surface area (Å²) in [6.07, 6.45) is 16.1. The van der Waals surface area contributed by atoms with Crippen LogP contribution in [0.3, 0.4) is 0 Å². The Morgan fingerprint density at radius 3 is 1.97 bits per heavy atom. The lowest BCUT2D eigenvalue weighted by atomic mass is 10.0. The predicted octanol–water partition coefficient (Wildman–Crippen LogP) is 7.70. The zero-order chi connectivity index (χ0) is 25.6. The first kappa shape index (κ1) is 27.8. The van der Waals surface area contributed by atoms with Crippen molar-refractivity contribution in [1.29, 1.82) is 0 Å². The van der Waals surface area contributed by atoms with Crippen LogP contribution in [-0.4, -0.2) is 28.8 Å². The molecule has 0 spiro atoms. The molecule has 2 amide bonds. The highest BCUT2D eigenvalue weighted by Crippen LogP contribution is 2.32. The molecule has 2 aromatic rings. The van der Waals surface area contributed by atoms with Crippen LogP contribution in [0.1, 0.15) is 89.0 Å². The quantitative estimate of drug-likeness (QED) is 0.167. The molecule has 194 valence electrons. The summed E-state index contributed by atoms with van der Waals surface area (Å²) in [4.78, 5) is 34.3. The van der Waals surface area contributed by atoms with Gasteiger partial charge in [0.25, 0.3) is 11.1 Å². The number of aliphatic carboxylic acids is 1. The van der Waals surface area contributed by atoms with Crippen molar-refractivity contribution in [3.8, 4) is 5.75 Å². The molecule has 1 saturated heterocycles. The van der Waals surface area contributed by atoms with Crippen LogP contribution >= 0.6 is 11.8 Å². The minimum Gasteiger partial charge on any atom is -0.493 e. The summed E-state index contributed by atoms with van der Waals surface area (Å²) in [6.45, 7) is 0.680. The molecule has 0 atom stereocenters. The van der Waals surface area contributed by atoms with Crippen molar-refractivity contribution < 1.29 is 24.2 Å². The number of hydrogen-bond acceptors (Lipinski definition) is 5. The van der Waals surface area contributed by atoms with E-state index in [-0.39, 0.29) is 11.1 Å². The van der Waals surface area contributed by atoms with Gasteiger partial charge in [0, 0.05) is 11.8 Å². The zero-order valence-corrected chi connectivity index (χ0v) is 21.7. The minimum atomic E-state index is -0.686. The molecule has 0 unspecified atom stereocenters. The zero-order valence-electron chi connectivity index (χ0n) is 20.9. The predicted molar refractivity (Wildman–Crippen MR) is 146 cm³/mol. The molecule has 0 saturated carbocycles. The van der Waals surface area contributed by atoms with E-state index in [2.05, 4.69) is 5.32 Å². The van der Waals surface area contributed by atoms with E-state index in [9.17, 15) is 14.4 Å². The van der Waals surface area contributed by atoms with E-state index in [1.807, 2.05) is 36.4 Å². The molecule has 0 aliphatic carbocycles. The van der Waals surface area contributed by atoms with Crippen molar-refractivity contribution >= 4 is 45.7 Å². The highest BCUT2D eigenvalue weighted by Gasteiger charge is 2.25. The Hall–Kier alpha value is -2.80. The number of carbonyl (C=O) groups excluding carboxylic acids is 2. The van der Waals surface area contributed by atoms with E-state index >= 15 is 0 Å². The van der Waals surface area contributed by atoms with Crippen LogP contribution in [0.4, 0.5) is 4.79 Å². The Labute approximate surface area is 217 Å². The first-order valence-corrected chi connectivity index (χ1v) is 14.0. The summed E-state index contributed by atoms with van der Waals surface area (Å²) in [6, 6.07) is 11.9. The molecular formula is C29H37NO5S. The van der Waals surface area contributed by atoms with Gasteiger partial charge in [0.2, 0.25) is 0 Å². The summed E-state index contributed by atoms with van der Waals surface area (Å²) >= 11 is 0.928. The van der Waals surface area contributed by atoms with E-state index in [4.69, 9.17) is 9.84 Å². The van der Waals surface area contributed by atoms with Gasteiger partial charge < -0.3 is 9.84 Å². The number of hydrogen-bond donors (Lipinski definition) is 2. The number of nitrogens with one attached hydrogen (secondary N) is 1.